The smallest absolute Gasteiger partial charge is 0.347 e. The minimum Gasteiger partial charge on any atom is -0.347 e. The summed E-state index contributed by atoms with van der Waals surface area (Å²) in [6, 6.07) is 7.96. The molecule has 146 valence electrons. The van der Waals surface area contributed by atoms with Crippen molar-refractivity contribution < 1.29 is 18.1 Å². The number of fused-ring (bicyclic) bond motifs is 1. The monoisotopic (exact) mass is 429 g/mol. The number of aromatic nitrogens is 1. The van der Waals surface area contributed by atoms with Gasteiger partial charge in [0.15, 0.2) is 5.13 Å². The van der Waals surface area contributed by atoms with E-state index >= 15 is 0 Å². The summed E-state index contributed by atoms with van der Waals surface area (Å²) in [5, 5.41) is 11.5. The Bertz CT molecular complexity index is 1130. The molecule has 0 aliphatic rings. The van der Waals surface area contributed by atoms with E-state index in [-0.39, 0.29) is 9.83 Å². The number of hydrogen-bond donors (Lipinski definition) is 0. The molecule has 6 nitrogen and oxygen atoms in total. The molecule has 0 radical (unpaired) electrons. The molecular formula is C17H11ClF3N3O3S. The van der Waals surface area contributed by atoms with Gasteiger partial charge in [-0.15, -0.1) is 0 Å². The first-order valence-corrected chi connectivity index (χ1v) is 8.92. The fourth-order valence-electron chi connectivity index (χ4n) is 2.58. The molecule has 11 heteroatoms. The zero-order valence-electron chi connectivity index (χ0n) is 14.2. The van der Waals surface area contributed by atoms with Gasteiger partial charge in [-0.05, 0) is 23.8 Å². The van der Waals surface area contributed by atoms with Gasteiger partial charge in [0.05, 0.1) is 15.9 Å². The molecule has 0 spiro atoms. The van der Waals surface area contributed by atoms with Crippen LogP contribution in [0.5, 0.6) is 0 Å². The average molecular weight is 430 g/mol. The van der Waals surface area contributed by atoms with Gasteiger partial charge in [-0.3, -0.25) is 14.9 Å². The van der Waals surface area contributed by atoms with E-state index < -0.39 is 33.3 Å². The maximum absolute atomic E-state index is 13.0. The lowest BCUT2D eigenvalue weighted by Gasteiger charge is -2.17. The van der Waals surface area contributed by atoms with Crippen molar-refractivity contribution in [3.63, 3.8) is 0 Å². The minimum absolute atomic E-state index is 0.139. The predicted molar refractivity (Wildman–Crippen MR) is 101 cm³/mol. The average Bonchev–Trinajstić information content (AvgIpc) is 2.59. The summed E-state index contributed by atoms with van der Waals surface area (Å²) in [4.78, 5) is 28.1. The van der Waals surface area contributed by atoms with Crippen LogP contribution < -0.4 is 10.5 Å². The van der Waals surface area contributed by atoms with Crippen molar-refractivity contribution in [2.24, 2.45) is 0 Å². The van der Waals surface area contributed by atoms with Gasteiger partial charge < -0.3 is 4.90 Å². The molecule has 0 N–H and O–H groups in total. The topological polar surface area (TPSA) is 76.3 Å². The highest BCUT2D eigenvalue weighted by Gasteiger charge is 2.34. The third kappa shape index (κ3) is 4.07. The minimum atomic E-state index is -4.82. The van der Waals surface area contributed by atoms with Crippen LogP contribution in [-0.4, -0.2) is 17.0 Å². The van der Waals surface area contributed by atoms with Gasteiger partial charge in [0.1, 0.15) is 4.70 Å². The van der Waals surface area contributed by atoms with Gasteiger partial charge in [-0.25, -0.2) is 0 Å². The van der Waals surface area contributed by atoms with Crippen LogP contribution >= 0.6 is 22.9 Å². The fourth-order valence-corrected chi connectivity index (χ4v) is 3.82. The Balaban J connectivity index is 2.12. The molecule has 0 aliphatic carbocycles. The van der Waals surface area contributed by atoms with Gasteiger partial charge in [0.2, 0.25) is 0 Å². The fraction of sp³-hybridized carbons (Fsp3) is 0.176. The van der Waals surface area contributed by atoms with Crippen molar-refractivity contribution in [1.29, 1.82) is 0 Å². The van der Waals surface area contributed by atoms with Crippen LogP contribution in [0.1, 0.15) is 11.1 Å². The molecule has 0 saturated heterocycles. The van der Waals surface area contributed by atoms with E-state index in [1.165, 1.54) is 0 Å². The summed E-state index contributed by atoms with van der Waals surface area (Å²) in [6.07, 6.45) is -4.82. The number of nitro benzene ring substituents is 1. The van der Waals surface area contributed by atoms with Crippen LogP contribution in [0.4, 0.5) is 24.0 Å². The van der Waals surface area contributed by atoms with Crippen LogP contribution in [0.2, 0.25) is 5.02 Å². The second kappa shape index (κ2) is 7.36. The normalized spacial score (nSPS) is 11.6. The zero-order chi connectivity index (χ0) is 20.6. The predicted octanol–water partition coefficient (Wildman–Crippen LogP) is 4.87. The van der Waals surface area contributed by atoms with Crippen molar-refractivity contribution >= 4 is 43.8 Å². The summed E-state index contributed by atoms with van der Waals surface area (Å²) in [5.41, 5.74) is -2.21. The highest BCUT2D eigenvalue weighted by atomic mass is 35.5. The van der Waals surface area contributed by atoms with Gasteiger partial charge in [-0.2, -0.15) is 18.2 Å². The summed E-state index contributed by atoms with van der Waals surface area (Å²) >= 11 is 6.72. The second-order valence-corrected chi connectivity index (χ2v) is 7.33. The highest BCUT2D eigenvalue weighted by Crippen LogP contribution is 2.38. The number of rotatable bonds is 4. The van der Waals surface area contributed by atoms with E-state index in [0.29, 0.717) is 23.7 Å². The number of nitrogens with zero attached hydrogens (tertiary/aromatic N) is 3. The first-order valence-electron chi connectivity index (χ1n) is 7.72. The Morgan fingerprint density at radius 3 is 2.61 bits per heavy atom. The standard InChI is InChI=1S/C17H11ClF3N3O3S/c1-23(8-9-3-2-4-11(18)5-9)16-22-15(25)12-6-10(17(19,20)21)7-13(24(26)27)14(12)28-16/h2-7H,8H2,1H3. The molecule has 1 aromatic heterocycles. The van der Waals surface area contributed by atoms with Gasteiger partial charge in [-0.1, -0.05) is 35.1 Å². The Kier molecular flexibility index (Phi) is 5.26. The van der Waals surface area contributed by atoms with E-state index in [2.05, 4.69) is 4.98 Å². The summed E-state index contributed by atoms with van der Waals surface area (Å²) < 4.78 is 38.9. The molecule has 0 saturated carbocycles. The van der Waals surface area contributed by atoms with Crippen molar-refractivity contribution in [2.45, 2.75) is 12.7 Å². The molecule has 0 amide bonds. The number of halogens is 4. The van der Waals surface area contributed by atoms with Crippen LogP contribution in [-0.2, 0) is 12.7 Å². The molecule has 3 rings (SSSR count). The zero-order valence-corrected chi connectivity index (χ0v) is 15.7. The maximum Gasteiger partial charge on any atom is 0.416 e. The van der Waals surface area contributed by atoms with Crippen LogP contribution in [0.15, 0.2) is 41.2 Å². The summed E-state index contributed by atoms with van der Waals surface area (Å²) in [5.74, 6) is 0. The van der Waals surface area contributed by atoms with Crippen molar-refractivity contribution in [3.05, 3.63) is 73.0 Å². The summed E-state index contributed by atoms with van der Waals surface area (Å²) in [7, 11) is 1.61. The number of hydrogen-bond acceptors (Lipinski definition) is 6. The maximum atomic E-state index is 13.0. The first kappa shape index (κ1) is 20.0. The quantitative estimate of drug-likeness (QED) is 0.436. The number of alkyl halides is 3. The molecule has 0 atom stereocenters. The van der Waals surface area contributed by atoms with Gasteiger partial charge in [0.25, 0.3) is 11.2 Å². The Morgan fingerprint density at radius 1 is 1.29 bits per heavy atom. The molecule has 0 aliphatic heterocycles. The van der Waals surface area contributed by atoms with Crippen LogP contribution in [0, 0.1) is 10.1 Å². The number of nitro groups is 1. The third-order valence-corrected chi connectivity index (χ3v) is 5.30. The number of non-ortho nitro benzene ring substituents is 1. The van der Waals surface area contributed by atoms with E-state index in [9.17, 15) is 28.1 Å². The largest absolute Gasteiger partial charge is 0.416 e. The van der Waals surface area contributed by atoms with Crippen molar-refractivity contribution in [1.82, 2.24) is 4.98 Å². The molecule has 0 fully saturated rings. The van der Waals surface area contributed by atoms with Crippen LogP contribution in [0.3, 0.4) is 0 Å². The summed E-state index contributed by atoms with van der Waals surface area (Å²) in [6.45, 7) is 0.295. The highest BCUT2D eigenvalue weighted by molar-refractivity contribution is 7.22. The Hall–Kier alpha value is -2.72. The molecule has 2 aromatic carbocycles. The van der Waals surface area contributed by atoms with Gasteiger partial charge in [0, 0.05) is 24.7 Å². The van der Waals surface area contributed by atoms with Crippen molar-refractivity contribution in [3.8, 4) is 0 Å². The third-order valence-electron chi connectivity index (χ3n) is 3.85. The van der Waals surface area contributed by atoms with E-state index in [1.807, 2.05) is 0 Å². The first-order chi connectivity index (χ1) is 13.1. The molecule has 28 heavy (non-hydrogen) atoms. The lowest BCUT2D eigenvalue weighted by molar-refractivity contribution is -0.383. The second-order valence-electron chi connectivity index (χ2n) is 5.91. The van der Waals surface area contributed by atoms with Crippen LogP contribution in [0.25, 0.3) is 10.1 Å². The molecule has 1 heterocycles. The molecule has 0 unspecified atom stereocenters. The van der Waals surface area contributed by atoms with E-state index in [0.717, 1.165) is 16.9 Å². The number of anilines is 1. The van der Waals surface area contributed by atoms with E-state index in [1.54, 1.807) is 36.2 Å². The van der Waals surface area contributed by atoms with Gasteiger partial charge >= 0.3 is 6.18 Å². The van der Waals surface area contributed by atoms with Crippen molar-refractivity contribution in [2.75, 3.05) is 11.9 Å². The number of benzene rings is 2. The Labute approximate surface area is 165 Å². The lowest BCUT2D eigenvalue weighted by Crippen LogP contribution is -2.20. The molecule has 0 bridgehead atoms. The molecular weight excluding hydrogens is 419 g/mol. The SMILES string of the molecule is CN(Cc1cccc(Cl)c1)c1nc(=O)c2cc(C(F)(F)F)cc([N+](=O)[O-])c2s1. The lowest BCUT2D eigenvalue weighted by atomic mass is 10.1. The molecule has 3 aromatic rings. The van der Waals surface area contributed by atoms with E-state index in [4.69, 9.17) is 11.6 Å². The Morgan fingerprint density at radius 2 is 2.00 bits per heavy atom.